The van der Waals surface area contributed by atoms with E-state index in [0.29, 0.717) is 6.54 Å². The molecule has 0 spiro atoms. The fraction of sp³-hybridized carbons (Fsp3) is 0.368. The van der Waals surface area contributed by atoms with Crippen LogP contribution in [0.5, 0.6) is 5.75 Å². The van der Waals surface area contributed by atoms with Gasteiger partial charge in [-0.2, -0.15) is 0 Å². The standard InChI is InChI=1S/C19H23N5OS.HI/c1-19(2)10-15(14-6-4-5-7-16(14)25-19)23-17(20-3)21-11-13-12-24-8-9-26-18(24)22-13;/h4-9,12,15H,10-11H2,1-3H3,(H2,20,21,23);1H. The summed E-state index contributed by atoms with van der Waals surface area (Å²) >= 11 is 1.63. The summed E-state index contributed by atoms with van der Waals surface area (Å²) in [6.45, 7) is 4.86. The zero-order valence-corrected chi connectivity index (χ0v) is 18.7. The van der Waals surface area contributed by atoms with Crippen molar-refractivity contribution in [2.75, 3.05) is 7.05 Å². The van der Waals surface area contributed by atoms with Crippen LogP contribution in [0.2, 0.25) is 0 Å². The summed E-state index contributed by atoms with van der Waals surface area (Å²) in [4.78, 5) is 9.99. The van der Waals surface area contributed by atoms with Gasteiger partial charge in [0.1, 0.15) is 11.4 Å². The van der Waals surface area contributed by atoms with Gasteiger partial charge in [-0.15, -0.1) is 35.3 Å². The molecule has 1 atom stereocenters. The molecule has 6 nitrogen and oxygen atoms in total. The largest absolute Gasteiger partial charge is 0.487 e. The first kappa shape index (κ1) is 19.9. The number of hydrogen-bond acceptors (Lipinski definition) is 4. The van der Waals surface area contributed by atoms with E-state index in [9.17, 15) is 0 Å². The van der Waals surface area contributed by atoms with Crippen molar-refractivity contribution < 1.29 is 4.74 Å². The van der Waals surface area contributed by atoms with Crippen LogP contribution in [0.4, 0.5) is 0 Å². The van der Waals surface area contributed by atoms with Crippen LogP contribution in [0.15, 0.2) is 47.0 Å². The van der Waals surface area contributed by atoms with E-state index in [4.69, 9.17) is 4.74 Å². The third-order valence-electron chi connectivity index (χ3n) is 4.49. The van der Waals surface area contributed by atoms with Crippen LogP contribution in [-0.4, -0.2) is 28.0 Å². The highest BCUT2D eigenvalue weighted by Gasteiger charge is 2.33. The van der Waals surface area contributed by atoms with Crippen molar-refractivity contribution in [1.82, 2.24) is 20.0 Å². The Morgan fingerprint density at radius 1 is 1.41 bits per heavy atom. The fourth-order valence-electron chi connectivity index (χ4n) is 3.33. The minimum absolute atomic E-state index is 0. The van der Waals surface area contributed by atoms with E-state index in [1.807, 2.05) is 40.4 Å². The number of rotatable bonds is 3. The van der Waals surface area contributed by atoms with Crippen molar-refractivity contribution in [1.29, 1.82) is 0 Å². The molecule has 144 valence electrons. The summed E-state index contributed by atoms with van der Waals surface area (Å²) in [6, 6.07) is 8.34. The maximum absolute atomic E-state index is 6.11. The van der Waals surface area contributed by atoms with Gasteiger partial charge in [0, 0.05) is 36.8 Å². The second-order valence-corrected chi connectivity index (χ2v) is 7.92. The molecule has 1 aliphatic rings. The van der Waals surface area contributed by atoms with Crippen molar-refractivity contribution in [3.8, 4) is 5.75 Å². The smallest absolute Gasteiger partial charge is 0.193 e. The molecule has 0 aliphatic carbocycles. The molecule has 0 saturated carbocycles. The third kappa shape index (κ3) is 4.37. The van der Waals surface area contributed by atoms with Crippen LogP contribution in [0, 0.1) is 0 Å². The Hall–Kier alpha value is -1.81. The van der Waals surface area contributed by atoms with Crippen LogP contribution >= 0.6 is 35.3 Å². The van der Waals surface area contributed by atoms with Gasteiger partial charge in [-0.25, -0.2) is 4.98 Å². The first-order chi connectivity index (χ1) is 12.5. The van der Waals surface area contributed by atoms with E-state index in [-0.39, 0.29) is 35.6 Å². The van der Waals surface area contributed by atoms with Gasteiger partial charge in [-0.1, -0.05) is 18.2 Å². The van der Waals surface area contributed by atoms with E-state index in [1.54, 1.807) is 18.4 Å². The number of guanidine groups is 1. The van der Waals surface area contributed by atoms with Crippen molar-refractivity contribution in [3.63, 3.8) is 0 Å². The van der Waals surface area contributed by atoms with E-state index in [2.05, 4.69) is 40.5 Å². The summed E-state index contributed by atoms with van der Waals surface area (Å²) in [5.74, 6) is 1.70. The second kappa shape index (κ2) is 8.05. The van der Waals surface area contributed by atoms with Gasteiger partial charge < -0.3 is 15.4 Å². The zero-order chi connectivity index (χ0) is 18.1. The molecule has 1 aliphatic heterocycles. The number of benzene rings is 1. The molecule has 0 radical (unpaired) electrons. The van der Waals surface area contributed by atoms with Gasteiger partial charge in [0.15, 0.2) is 10.9 Å². The molecule has 0 fully saturated rings. The molecule has 8 heteroatoms. The normalized spacial score (nSPS) is 18.3. The van der Waals surface area contributed by atoms with Gasteiger partial charge in [-0.05, 0) is 19.9 Å². The summed E-state index contributed by atoms with van der Waals surface area (Å²) < 4.78 is 8.14. The van der Waals surface area contributed by atoms with Gasteiger partial charge in [0.2, 0.25) is 0 Å². The van der Waals surface area contributed by atoms with Crippen LogP contribution in [-0.2, 0) is 6.54 Å². The van der Waals surface area contributed by atoms with Crippen LogP contribution < -0.4 is 15.4 Å². The summed E-state index contributed by atoms with van der Waals surface area (Å²) in [5.41, 5.74) is 1.93. The maximum Gasteiger partial charge on any atom is 0.193 e. The molecule has 1 unspecified atom stereocenters. The predicted octanol–water partition coefficient (Wildman–Crippen LogP) is 3.98. The lowest BCUT2D eigenvalue weighted by Crippen LogP contribution is -2.45. The Balaban J connectivity index is 0.00000210. The Morgan fingerprint density at radius 2 is 2.22 bits per heavy atom. The number of para-hydroxylation sites is 1. The number of hydrogen-bond donors (Lipinski definition) is 2. The number of halogens is 1. The quantitative estimate of drug-likeness (QED) is 0.327. The third-order valence-corrected chi connectivity index (χ3v) is 5.26. The van der Waals surface area contributed by atoms with Gasteiger partial charge >= 0.3 is 0 Å². The average Bonchev–Trinajstić information content (AvgIpc) is 3.19. The fourth-order valence-corrected chi connectivity index (χ4v) is 4.05. The lowest BCUT2D eigenvalue weighted by Gasteiger charge is -2.38. The number of imidazole rings is 1. The molecule has 4 rings (SSSR count). The Kier molecular flexibility index (Phi) is 5.95. The number of ether oxygens (including phenoxy) is 1. The SMILES string of the molecule is CN=C(NCc1cn2ccsc2n1)NC1CC(C)(C)Oc2ccccc21.I. The molecule has 0 amide bonds. The van der Waals surface area contributed by atoms with E-state index in [0.717, 1.165) is 34.3 Å². The van der Waals surface area contributed by atoms with E-state index in [1.165, 1.54) is 0 Å². The van der Waals surface area contributed by atoms with E-state index >= 15 is 0 Å². The Labute approximate surface area is 180 Å². The van der Waals surface area contributed by atoms with Crippen LogP contribution in [0.25, 0.3) is 4.96 Å². The number of aromatic nitrogens is 2. The summed E-state index contributed by atoms with van der Waals surface area (Å²) in [6.07, 6.45) is 4.93. The lowest BCUT2D eigenvalue weighted by molar-refractivity contribution is 0.0694. The lowest BCUT2D eigenvalue weighted by atomic mass is 9.90. The first-order valence-corrected chi connectivity index (χ1v) is 9.58. The number of fused-ring (bicyclic) bond motifs is 2. The monoisotopic (exact) mass is 497 g/mol. The van der Waals surface area contributed by atoms with Crippen molar-refractivity contribution in [3.05, 3.63) is 53.3 Å². The minimum Gasteiger partial charge on any atom is -0.487 e. The van der Waals surface area contributed by atoms with Crippen LogP contribution in [0.1, 0.15) is 37.6 Å². The van der Waals surface area contributed by atoms with Crippen LogP contribution in [0.3, 0.4) is 0 Å². The molecule has 2 aromatic heterocycles. The highest BCUT2D eigenvalue weighted by Crippen LogP contribution is 2.39. The van der Waals surface area contributed by atoms with E-state index < -0.39 is 0 Å². The predicted molar refractivity (Wildman–Crippen MR) is 120 cm³/mol. The van der Waals surface area contributed by atoms with Gasteiger partial charge in [0.25, 0.3) is 0 Å². The van der Waals surface area contributed by atoms with Crippen molar-refractivity contribution in [2.24, 2.45) is 4.99 Å². The highest BCUT2D eigenvalue weighted by molar-refractivity contribution is 14.0. The zero-order valence-electron chi connectivity index (χ0n) is 15.6. The number of aliphatic imine (C=N–C) groups is 1. The molecular weight excluding hydrogens is 473 g/mol. The first-order valence-electron chi connectivity index (χ1n) is 8.70. The molecular formula is C19H24IN5OS. The van der Waals surface area contributed by atoms with Crippen molar-refractivity contribution in [2.45, 2.75) is 38.5 Å². The minimum atomic E-state index is -0.223. The molecule has 27 heavy (non-hydrogen) atoms. The average molecular weight is 497 g/mol. The summed E-state index contributed by atoms with van der Waals surface area (Å²) in [5, 5.41) is 8.94. The van der Waals surface area contributed by atoms with Crippen molar-refractivity contribution >= 4 is 46.2 Å². The molecule has 0 bridgehead atoms. The molecule has 1 aromatic carbocycles. The molecule has 2 N–H and O–H groups in total. The second-order valence-electron chi connectivity index (χ2n) is 7.05. The molecule has 3 heterocycles. The number of nitrogens with one attached hydrogen (secondary N) is 2. The Bertz CT molecular complexity index is 920. The molecule has 0 saturated heterocycles. The van der Waals surface area contributed by atoms with Gasteiger partial charge in [0.05, 0.1) is 18.3 Å². The maximum atomic E-state index is 6.11. The highest BCUT2D eigenvalue weighted by atomic mass is 127. The van der Waals surface area contributed by atoms with Gasteiger partial charge in [-0.3, -0.25) is 9.39 Å². The Morgan fingerprint density at radius 3 is 3.00 bits per heavy atom. The summed E-state index contributed by atoms with van der Waals surface area (Å²) in [7, 11) is 1.79. The number of thiazole rings is 1. The number of nitrogens with zero attached hydrogens (tertiary/aromatic N) is 3. The molecule has 3 aromatic rings. The topological polar surface area (TPSA) is 63.0 Å².